The summed E-state index contributed by atoms with van der Waals surface area (Å²) in [7, 11) is 0. The summed E-state index contributed by atoms with van der Waals surface area (Å²) >= 11 is 10.8. The summed E-state index contributed by atoms with van der Waals surface area (Å²) in [5.74, 6) is 2.86. The lowest BCUT2D eigenvalue weighted by Crippen LogP contribution is -2.00. The van der Waals surface area contributed by atoms with E-state index in [4.69, 9.17) is 41.2 Å². The van der Waals surface area contributed by atoms with Gasteiger partial charge in [0.2, 0.25) is 0 Å². The quantitative estimate of drug-likeness (QED) is 0.111. The van der Waals surface area contributed by atoms with Crippen LogP contribution in [0.2, 0.25) is 0 Å². The van der Waals surface area contributed by atoms with Gasteiger partial charge in [-0.1, -0.05) is 50.5 Å². The minimum absolute atomic E-state index is 0.341. The van der Waals surface area contributed by atoms with Crippen LogP contribution in [0, 0.1) is 0 Å². The van der Waals surface area contributed by atoms with Gasteiger partial charge in [0.15, 0.2) is 0 Å². The van der Waals surface area contributed by atoms with E-state index in [0.717, 1.165) is 61.3 Å². The zero-order valence-electron chi connectivity index (χ0n) is 22.0. The van der Waals surface area contributed by atoms with Gasteiger partial charge in [-0.05, 0) is 91.8 Å². The Hall–Kier alpha value is -2.33. The topological polar surface area (TPSA) is 54.0 Å². The Morgan fingerprint density at radius 1 is 0.526 bits per heavy atom. The van der Waals surface area contributed by atoms with Crippen molar-refractivity contribution in [2.75, 3.05) is 19.8 Å². The van der Waals surface area contributed by atoms with Gasteiger partial charge in [-0.15, -0.1) is 0 Å². The maximum atomic E-state index is 11.3. The van der Waals surface area contributed by atoms with Crippen molar-refractivity contribution >= 4 is 28.6 Å². The minimum Gasteiger partial charge on any atom is -0.494 e. The fraction of sp³-hybridized carbons (Fsp3) is 0.400. The van der Waals surface area contributed by atoms with E-state index < -0.39 is 6.07 Å². The van der Waals surface area contributed by atoms with E-state index in [1.54, 1.807) is 24.3 Å². The third-order valence-electron chi connectivity index (χ3n) is 5.92. The molecule has 3 aromatic rings. The Kier molecular flexibility index (Phi) is 13.2. The summed E-state index contributed by atoms with van der Waals surface area (Å²) in [6.45, 7) is 4.31. The molecule has 0 fully saturated rings. The highest BCUT2D eigenvalue weighted by Crippen LogP contribution is 2.57. The fourth-order valence-corrected chi connectivity index (χ4v) is 4.71. The molecule has 0 spiro atoms. The standard InChI is InChI=1S/C30H37Cl2O5P/c1-2-3-4-7-22-34-27-14-10-25(11-15-27)26-12-16-28(17-13-26)35-23-8-5-6-9-24-36-29-18-20-30(21-19-29)37-38(31,32)33/h10-21H,2-9,22-24H2,1H3. The van der Waals surface area contributed by atoms with Crippen molar-refractivity contribution in [1.82, 2.24) is 0 Å². The summed E-state index contributed by atoms with van der Waals surface area (Å²) in [6, 6.07) is 23.2. The lowest BCUT2D eigenvalue weighted by Gasteiger charge is -2.10. The van der Waals surface area contributed by atoms with Crippen LogP contribution < -0.4 is 18.7 Å². The molecule has 8 heteroatoms. The van der Waals surface area contributed by atoms with Crippen LogP contribution in [-0.2, 0) is 4.57 Å². The highest BCUT2D eigenvalue weighted by Gasteiger charge is 2.15. The first-order valence-electron chi connectivity index (χ1n) is 13.3. The molecule has 0 heterocycles. The molecular formula is C30H37Cl2O5P. The predicted octanol–water partition coefficient (Wildman–Crippen LogP) is 10.3. The number of unbranched alkanes of at least 4 members (excludes halogenated alkanes) is 6. The van der Waals surface area contributed by atoms with Crippen molar-refractivity contribution in [3.8, 4) is 34.1 Å². The molecule has 5 nitrogen and oxygen atoms in total. The molecule has 3 aromatic carbocycles. The highest BCUT2D eigenvalue weighted by molar-refractivity contribution is 8.05. The molecule has 0 aliphatic rings. The smallest absolute Gasteiger partial charge is 0.428 e. The van der Waals surface area contributed by atoms with Crippen LogP contribution >= 0.6 is 28.6 Å². The maximum Gasteiger partial charge on any atom is 0.428 e. The van der Waals surface area contributed by atoms with Crippen LogP contribution in [0.15, 0.2) is 72.8 Å². The van der Waals surface area contributed by atoms with Gasteiger partial charge in [-0.3, -0.25) is 0 Å². The second-order valence-corrected chi connectivity index (χ2v) is 13.2. The van der Waals surface area contributed by atoms with Crippen molar-refractivity contribution in [2.24, 2.45) is 0 Å². The number of hydrogen-bond donors (Lipinski definition) is 0. The average Bonchev–Trinajstić information content (AvgIpc) is 2.91. The van der Waals surface area contributed by atoms with Crippen LogP contribution in [0.1, 0.15) is 58.3 Å². The molecule has 0 aromatic heterocycles. The molecule has 0 aliphatic carbocycles. The Balaban J connectivity index is 1.26. The van der Waals surface area contributed by atoms with E-state index in [-0.39, 0.29) is 0 Å². The number of rotatable bonds is 18. The molecule has 0 N–H and O–H groups in total. The molecule has 0 aliphatic heterocycles. The summed E-state index contributed by atoms with van der Waals surface area (Å²) in [4.78, 5) is 0. The molecule has 0 saturated heterocycles. The summed E-state index contributed by atoms with van der Waals surface area (Å²) < 4.78 is 33.7. The van der Waals surface area contributed by atoms with Gasteiger partial charge in [-0.2, -0.15) is 0 Å². The first kappa shape index (κ1) is 30.2. The van der Waals surface area contributed by atoms with Crippen molar-refractivity contribution < 1.29 is 23.3 Å². The molecule has 206 valence electrons. The Morgan fingerprint density at radius 2 is 0.868 bits per heavy atom. The third kappa shape index (κ3) is 12.0. The molecule has 0 radical (unpaired) electrons. The van der Waals surface area contributed by atoms with Crippen LogP contribution in [0.25, 0.3) is 11.1 Å². The van der Waals surface area contributed by atoms with Crippen LogP contribution in [0.4, 0.5) is 0 Å². The van der Waals surface area contributed by atoms with Gasteiger partial charge >= 0.3 is 6.07 Å². The number of benzene rings is 3. The van der Waals surface area contributed by atoms with E-state index >= 15 is 0 Å². The zero-order valence-corrected chi connectivity index (χ0v) is 24.4. The van der Waals surface area contributed by atoms with Gasteiger partial charge in [-0.25, -0.2) is 4.57 Å². The second kappa shape index (κ2) is 16.6. The molecule has 0 amide bonds. The summed E-state index contributed by atoms with van der Waals surface area (Å²) in [5.41, 5.74) is 2.32. The fourth-order valence-electron chi connectivity index (χ4n) is 3.86. The van der Waals surface area contributed by atoms with Crippen molar-refractivity contribution in [3.63, 3.8) is 0 Å². The first-order valence-corrected chi connectivity index (χ1v) is 16.7. The van der Waals surface area contributed by atoms with Gasteiger partial charge in [0.1, 0.15) is 23.0 Å². The van der Waals surface area contributed by atoms with E-state index in [0.29, 0.717) is 24.7 Å². The van der Waals surface area contributed by atoms with Gasteiger partial charge in [0.05, 0.1) is 19.8 Å². The van der Waals surface area contributed by atoms with E-state index in [9.17, 15) is 4.57 Å². The molecular weight excluding hydrogens is 542 g/mol. The van der Waals surface area contributed by atoms with Crippen LogP contribution in [-0.4, -0.2) is 19.8 Å². The predicted molar refractivity (Wildman–Crippen MR) is 157 cm³/mol. The van der Waals surface area contributed by atoms with Crippen molar-refractivity contribution in [2.45, 2.75) is 58.3 Å². The minimum atomic E-state index is -3.60. The van der Waals surface area contributed by atoms with Crippen LogP contribution in [0.5, 0.6) is 23.0 Å². The highest BCUT2D eigenvalue weighted by atomic mass is 35.9. The lowest BCUT2D eigenvalue weighted by molar-refractivity contribution is 0.287. The summed E-state index contributed by atoms with van der Waals surface area (Å²) in [5, 5.41) is 0. The third-order valence-corrected chi connectivity index (χ3v) is 6.76. The van der Waals surface area contributed by atoms with E-state index in [1.165, 1.54) is 19.3 Å². The number of halogens is 2. The van der Waals surface area contributed by atoms with E-state index in [1.807, 2.05) is 24.3 Å². The molecule has 0 unspecified atom stereocenters. The monoisotopic (exact) mass is 578 g/mol. The normalized spacial score (nSPS) is 11.2. The van der Waals surface area contributed by atoms with Crippen LogP contribution in [0.3, 0.4) is 0 Å². The first-order chi connectivity index (χ1) is 18.4. The van der Waals surface area contributed by atoms with Crippen molar-refractivity contribution in [3.05, 3.63) is 72.8 Å². The largest absolute Gasteiger partial charge is 0.494 e. The SMILES string of the molecule is CCCCCCOc1ccc(-c2ccc(OCCCCCCOc3ccc(OP(=O)(Cl)Cl)cc3)cc2)cc1. The molecule has 38 heavy (non-hydrogen) atoms. The molecule has 0 saturated carbocycles. The maximum absolute atomic E-state index is 11.3. The van der Waals surface area contributed by atoms with Gasteiger partial charge < -0.3 is 18.7 Å². The average molecular weight is 580 g/mol. The lowest BCUT2D eigenvalue weighted by atomic mass is 10.1. The zero-order chi connectivity index (χ0) is 27.1. The van der Waals surface area contributed by atoms with Gasteiger partial charge in [0.25, 0.3) is 0 Å². The Morgan fingerprint density at radius 3 is 1.24 bits per heavy atom. The number of ether oxygens (including phenoxy) is 3. The second-order valence-electron chi connectivity index (χ2n) is 9.05. The van der Waals surface area contributed by atoms with Gasteiger partial charge in [0, 0.05) is 22.5 Å². The Labute approximate surface area is 236 Å². The molecule has 0 atom stereocenters. The van der Waals surface area contributed by atoms with Crippen molar-refractivity contribution in [1.29, 1.82) is 0 Å². The summed E-state index contributed by atoms with van der Waals surface area (Å²) in [6.07, 6.45) is 5.32. The van der Waals surface area contributed by atoms with E-state index in [2.05, 4.69) is 31.2 Å². The Bertz CT molecular complexity index is 1100. The molecule has 3 rings (SSSR count). The molecule has 0 bridgehead atoms. The number of hydrogen-bond acceptors (Lipinski definition) is 5.